The molecule has 0 radical (unpaired) electrons. The van der Waals surface area contributed by atoms with Gasteiger partial charge in [-0.05, 0) is 13.0 Å². The van der Waals surface area contributed by atoms with Crippen molar-refractivity contribution >= 4 is 5.91 Å². The van der Waals surface area contributed by atoms with Gasteiger partial charge in [0.2, 0.25) is 5.91 Å². The molecule has 4 nitrogen and oxygen atoms in total. The average Bonchev–Trinajstić information content (AvgIpc) is 2.25. The van der Waals surface area contributed by atoms with Crippen LogP contribution in [0.1, 0.15) is 33.6 Å². The summed E-state index contributed by atoms with van der Waals surface area (Å²) in [7, 11) is 0. The van der Waals surface area contributed by atoms with Gasteiger partial charge in [0.05, 0.1) is 6.61 Å². The van der Waals surface area contributed by atoms with Gasteiger partial charge >= 0.3 is 0 Å². The van der Waals surface area contributed by atoms with E-state index >= 15 is 0 Å². The molecule has 0 spiro atoms. The molecule has 0 aliphatic heterocycles. The van der Waals surface area contributed by atoms with Gasteiger partial charge in [-0.3, -0.25) is 4.79 Å². The Morgan fingerprint density at radius 3 is 2.36 bits per heavy atom. The predicted molar refractivity (Wildman–Crippen MR) is 59.2 cm³/mol. The summed E-state index contributed by atoms with van der Waals surface area (Å²) >= 11 is 0. The Morgan fingerprint density at radius 2 is 1.86 bits per heavy atom. The highest BCUT2D eigenvalue weighted by Crippen LogP contribution is 1.77. The topological polar surface area (TPSA) is 61.4 Å². The van der Waals surface area contributed by atoms with Crippen LogP contribution in [-0.4, -0.2) is 37.3 Å². The van der Waals surface area contributed by atoms with Crippen LogP contribution in [0, 0.1) is 0 Å². The molecule has 0 fully saturated rings. The lowest BCUT2D eigenvalue weighted by Gasteiger charge is -2.03. The second-order valence-electron chi connectivity index (χ2n) is 2.53. The summed E-state index contributed by atoms with van der Waals surface area (Å²) in [5, 5.41) is 14.2. The molecule has 0 aliphatic carbocycles. The highest BCUT2D eigenvalue weighted by Gasteiger charge is 1.93. The van der Waals surface area contributed by atoms with E-state index in [0.29, 0.717) is 19.5 Å². The third-order valence-corrected chi connectivity index (χ3v) is 1.46. The molecule has 0 heterocycles. The van der Waals surface area contributed by atoms with Crippen LogP contribution < -0.4 is 10.6 Å². The normalized spacial score (nSPS) is 8.86. The first-order valence-corrected chi connectivity index (χ1v) is 5.39. The van der Waals surface area contributed by atoms with Gasteiger partial charge in [0.15, 0.2) is 0 Å². The Kier molecular flexibility index (Phi) is 16.9. The van der Waals surface area contributed by atoms with Crippen LogP contribution in [0.5, 0.6) is 0 Å². The molecule has 4 heteroatoms. The number of amides is 1. The van der Waals surface area contributed by atoms with Crippen LogP contribution in [-0.2, 0) is 4.79 Å². The number of aliphatic hydroxyl groups excluding tert-OH is 1. The number of rotatable bonds is 7. The third-order valence-electron chi connectivity index (χ3n) is 1.46. The van der Waals surface area contributed by atoms with E-state index in [0.717, 1.165) is 13.0 Å². The van der Waals surface area contributed by atoms with Crippen molar-refractivity contribution in [2.75, 3.05) is 26.2 Å². The minimum Gasteiger partial charge on any atom is -0.395 e. The van der Waals surface area contributed by atoms with Crippen molar-refractivity contribution in [1.82, 2.24) is 10.6 Å². The molecule has 0 atom stereocenters. The van der Waals surface area contributed by atoms with Crippen molar-refractivity contribution < 1.29 is 9.90 Å². The van der Waals surface area contributed by atoms with E-state index in [1.165, 1.54) is 0 Å². The van der Waals surface area contributed by atoms with Crippen molar-refractivity contribution in [2.45, 2.75) is 33.6 Å². The fraction of sp³-hybridized carbons (Fsp3) is 0.900. The molecule has 0 saturated heterocycles. The minimum absolute atomic E-state index is 0.0946. The van der Waals surface area contributed by atoms with Gasteiger partial charge < -0.3 is 15.7 Å². The number of hydrogen-bond acceptors (Lipinski definition) is 3. The summed E-state index contributed by atoms with van der Waals surface area (Å²) in [4.78, 5) is 10.7. The molecule has 86 valence electrons. The van der Waals surface area contributed by atoms with Crippen molar-refractivity contribution in [3.63, 3.8) is 0 Å². The predicted octanol–water partition coefficient (Wildman–Crippen LogP) is 0.511. The first kappa shape index (κ1) is 15.8. The van der Waals surface area contributed by atoms with E-state index in [1.54, 1.807) is 0 Å². The van der Waals surface area contributed by atoms with E-state index in [1.807, 2.05) is 20.8 Å². The number of carbonyl (C=O) groups excluding carboxylic acids is 1. The molecule has 1 amide bonds. The molecule has 14 heavy (non-hydrogen) atoms. The summed E-state index contributed by atoms with van der Waals surface area (Å²) in [6.45, 7) is 8.18. The van der Waals surface area contributed by atoms with E-state index in [9.17, 15) is 4.79 Å². The van der Waals surface area contributed by atoms with Gasteiger partial charge in [0.25, 0.3) is 0 Å². The standard InChI is InChI=1S/C8H18N2O2.C2H6/c1-2-8(12)10-5-3-4-9-6-7-11;1-2/h9,11H,2-7H2,1H3,(H,10,12);1-2H3. The van der Waals surface area contributed by atoms with Gasteiger partial charge in [-0.25, -0.2) is 0 Å². The molecule has 0 bridgehead atoms. The molecule has 0 aromatic carbocycles. The highest BCUT2D eigenvalue weighted by atomic mass is 16.3. The van der Waals surface area contributed by atoms with Crippen molar-refractivity contribution in [2.24, 2.45) is 0 Å². The molecular formula is C10H24N2O2. The first-order valence-electron chi connectivity index (χ1n) is 5.39. The van der Waals surface area contributed by atoms with E-state index in [2.05, 4.69) is 10.6 Å². The Morgan fingerprint density at radius 1 is 1.21 bits per heavy atom. The van der Waals surface area contributed by atoms with Crippen LogP contribution in [0.3, 0.4) is 0 Å². The van der Waals surface area contributed by atoms with E-state index < -0.39 is 0 Å². The molecule has 0 saturated carbocycles. The van der Waals surface area contributed by atoms with Crippen molar-refractivity contribution in [3.8, 4) is 0 Å². The summed E-state index contributed by atoms with van der Waals surface area (Å²) < 4.78 is 0. The lowest BCUT2D eigenvalue weighted by atomic mass is 10.4. The zero-order chi connectivity index (χ0) is 11.2. The maximum absolute atomic E-state index is 10.7. The smallest absolute Gasteiger partial charge is 0.219 e. The number of aliphatic hydroxyl groups is 1. The Bertz CT molecular complexity index is 119. The highest BCUT2D eigenvalue weighted by molar-refractivity contribution is 5.75. The fourth-order valence-corrected chi connectivity index (χ4v) is 0.770. The SMILES string of the molecule is CC.CCC(=O)NCCCNCCO. The fourth-order valence-electron chi connectivity index (χ4n) is 0.770. The zero-order valence-electron chi connectivity index (χ0n) is 9.60. The first-order chi connectivity index (χ1) is 6.81. The Hall–Kier alpha value is -0.610. The minimum atomic E-state index is 0.0946. The largest absolute Gasteiger partial charge is 0.395 e. The van der Waals surface area contributed by atoms with Gasteiger partial charge in [0.1, 0.15) is 0 Å². The number of carbonyl (C=O) groups is 1. The van der Waals surface area contributed by atoms with Crippen molar-refractivity contribution in [3.05, 3.63) is 0 Å². The number of nitrogens with one attached hydrogen (secondary N) is 2. The maximum atomic E-state index is 10.7. The number of hydrogen-bond donors (Lipinski definition) is 3. The summed E-state index contributed by atoms with van der Waals surface area (Å²) in [5.74, 6) is 0.0946. The zero-order valence-corrected chi connectivity index (χ0v) is 9.60. The van der Waals surface area contributed by atoms with Crippen LogP contribution in [0.2, 0.25) is 0 Å². The molecular weight excluding hydrogens is 180 g/mol. The summed E-state index contributed by atoms with van der Waals surface area (Å²) in [6.07, 6.45) is 1.45. The van der Waals surface area contributed by atoms with Gasteiger partial charge in [-0.1, -0.05) is 20.8 Å². The van der Waals surface area contributed by atoms with Gasteiger partial charge in [-0.15, -0.1) is 0 Å². The van der Waals surface area contributed by atoms with Crippen LogP contribution in [0.15, 0.2) is 0 Å². The molecule has 0 aliphatic rings. The maximum Gasteiger partial charge on any atom is 0.219 e. The molecule has 0 aromatic rings. The average molecular weight is 204 g/mol. The Labute approximate surface area is 87.1 Å². The third kappa shape index (κ3) is 13.9. The van der Waals surface area contributed by atoms with Crippen LogP contribution >= 0.6 is 0 Å². The monoisotopic (exact) mass is 204 g/mol. The van der Waals surface area contributed by atoms with Crippen LogP contribution in [0.4, 0.5) is 0 Å². The summed E-state index contributed by atoms with van der Waals surface area (Å²) in [5.41, 5.74) is 0. The lowest BCUT2D eigenvalue weighted by Crippen LogP contribution is -2.27. The summed E-state index contributed by atoms with van der Waals surface area (Å²) in [6, 6.07) is 0. The molecule has 0 unspecified atom stereocenters. The van der Waals surface area contributed by atoms with E-state index in [4.69, 9.17) is 5.11 Å². The van der Waals surface area contributed by atoms with E-state index in [-0.39, 0.29) is 12.5 Å². The van der Waals surface area contributed by atoms with Crippen molar-refractivity contribution in [1.29, 1.82) is 0 Å². The molecule has 0 rings (SSSR count). The second kappa shape index (κ2) is 14.9. The second-order valence-corrected chi connectivity index (χ2v) is 2.53. The van der Waals surface area contributed by atoms with Gasteiger partial charge in [0, 0.05) is 19.5 Å². The van der Waals surface area contributed by atoms with Gasteiger partial charge in [-0.2, -0.15) is 0 Å². The molecule has 0 aromatic heterocycles. The quantitative estimate of drug-likeness (QED) is 0.530. The molecule has 3 N–H and O–H groups in total. The van der Waals surface area contributed by atoms with Crippen LogP contribution in [0.25, 0.3) is 0 Å². The Balaban J connectivity index is 0. The lowest BCUT2D eigenvalue weighted by molar-refractivity contribution is -0.120.